The second kappa shape index (κ2) is 7.48. The van der Waals surface area contributed by atoms with E-state index in [2.05, 4.69) is 60.1 Å². The molecule has 0 bridgehead atoms. The Morgan fingerprint density at radius 3 is 2.52 bits per heavy atom. The highest BCUT2D eigenvalue weighted by atomic mass is 32.4. The van der Waals surface area contributed by atoms with Crippen LogP contribution in [0.4, 0.5) is 0 Å². The fourth-order valence-corrected chi connectivity index (χ4v) is 7.84. The summed E-state index contributed by atoms with van der Waals surface area (Å²) in [6, 6.07) is 10.8. The van der Waals surface area contributed by atoms with Gasteiger partial charge in [-0.15, -0.1) is 0 Å². The lowest BCUT2D eigenvalue weighted by Crippen LogP contribution is -2.42. The van der Waals surface area contributed by atoms with Crippen molar-refractivity contribution in [2.45, 2.75) is 24.9 Å². The lowest BCUT2D eigenvalue weighted by Gasteiger charge is -2.44. The zero-order valence-corrected chi connectivity index (χ0v) is 15.9. The monoisotopic (exact) mass is 350 g/mol. The van der Waals surface area contributed by atoms with E-state index in [0.717, 1.165) is 26.3 Å². The number of morpholine rings is 1. The molecule has 0 radical (unpaired) electrons. The molecule has 0 unspecified atom stereocenters. The highest BCUT2D eigenvalue weighted by Crippen LogP contribution is 2.57. The number of rotatable bonds is 4. The number of benzene rings is 1. The van der Waals surface area contributed by atoms with Crippen LogP contribution in [0, 0.1) is 0 Å². The predicted octanol–water partition coefficient (Wildman–Crippen LogP) is 3.04. The first-order valence-electron chi connectivity index (χ1n) is 8.50. The van der Waals surface area contributed by atoms with Crippen molar-refractivity contribution in [2.75, 3.05) is 40.4 Å². The summed E-state index contributed by atoms with van der Waals surface area (Å²) in [5.74, 6) is 0. The second-order valence-electron chi connectivity index (χ2n) is 6.48. The minimum atomic E-state index is -1.83. The molecule has 0 aromatic heterocycles. The largest absolute Gasteiger partial charge is 0.378 e. The molecule has 126 valence electrons. The molecule has 0 saturated carbocycles. The van der Waals surface area contributed by atoms with E-state index in [1.165, 1.54) is 30.3 Å². The van der Waals surface area contributed by atoms with Crippen molar-refractivity contribution in [3.8, 4) is 0 Å². The summed E-state index contributed by atoms with van der Waals surface area (Å²) in [6.07, 6.45) is 4.26. The van der Waals surface area contributed by atoms with E-state index in [0.29, 0.717) is 5.66 Å². The van der Waals surface area contributed by atoms with Crippen molar-refractivity contribution in [3.05, 3.63) is 42.1 Å². The molecule has 1 heterocycles. The van der Waals surface area contributed by atoms with Crippen molar-refractivity contribution >= 4 is 23.3 Å². The maximum atomic E-state index is 6.40. The minimum absolute atomic E-state index is 0.460. The van der Waals surface area contributed by atoms with Gasteiger partial charge in [-0.25, -0.2) is 0 Å². The Balaban J connectivity index is 1.99. The average molecular weight is 350 g/mol. The van der Waals surface area contributed by atoms with Gasteiger partial charge in [-0.1, -0.05) is 48.2 Å². The maximum Gasteiger partial charge on any atom is 0.0642 e. The summed E-state index contributed by atoms with van der Waals surface area (Å²) >= 11 is 6.40. The summed E-state index contributed by atoms with van der Waals surface area (Å²) in [7, 11) is 4.33. The third-order valence-electron chi connectivity index (χ3n) is 4.90. The summed E-state index contributed by atoms with van der Waals surface area (Å²) in [5.41, 5.74) is 1.95. The topological polar surface area (TPSA) is 15.7 Å². The minimum Gasteiger partial charge on any atom is -0.378 e. The third kappa shape index (κ3) is 3.41. The molecule has 0 spiro atoms. The molecule has 0 N–H and O–H groups in total. The van der Waals surface area contributed by atoms with Gasteiger partial charge in [0.2, 0.25) is 0 Å². The molecule has 0 amide bonds. The molecule has 1 aromatic carbocycles. The van der Waals surface area contributed by atoms with Crippen LogP contribution >= 0.6 is 6.19 Å². The summed E-state index contributed by atoms with van der Waals surface area (Å²) in [4.78, 5) is 2.53. The first kappa shape index (κ1) is 17.2. The van der Waals surface area contributed by atoms with Crippen LogP contribution in [0.15, 0.2) is 42.1 Å². The smallest absolute Gasteiger partial charge is 0.0642 e. The van der Waals surface area contributed by atoms with Crippen LogP contribution in [-0.4, -0.2) is 55.6 Å². The van der Waals surface area contributed by atoms with Crippen molar-refractivity contribution in [1.29, 1.82) is 0 Å². The Morgan fingerprint density at radius 1 is 1.17 bits per heavy atom. The summed E-state index contributed by atoms with van der Waals surface area (Å²) in [6.45, 7) is 3.67. The number of allylic oxidation sites excluding steroid dienone is 2. The molecule has 1 aromatic rings. The van der Waals surface area contributed by atoms with Crippen LogP contribution in [-0.2, 0) is 16.5 Å². The van der Waals surface area contributed by atoms with Gasteiger partial charge in [0.1, 0.15) is 0 Å². The molecule has 3 rings (SSSR count). The molecular formula is C18H27N2OPS. The average Bonchev–Trinajstić information content (AvgIpc) is 2.62. The third-order valence-corrected chi connectivity index (χ3v) is 10.9. The molecule has 23 heavy (non-hydrogen) atoms. The van der Waals surface area contributed by atoms with Gasteiger partial charge in [0.15, 0.2) is 0 Å². The van der Waals surface area contributed by atoms with Crippen molar-refractivity contribution in [1.82, 2.24) is 9.57 Å². The van der Waals surface area contributed by atoms with Crippen LogP contribution < -0.4 is 5.30 Å². The summed E-state index contributed by atoms with van der Waals surface area (Å²) < 4.78 is 7.88. The van der Waals surface area contributed by atoms with Crippen molar-refractivity contribution in [3.63, 3.8) is 0 Å². The molecule has 1 aliphatic carbocycles. The lowest BCUT2D eigenvalue weighted by molar-refractivity contribution is 0.0515. The maximum absolute atomic E-state index is 6.40. The van der Waals surface area contributed by atoms with E-state index in [1.807, 2.05) is 0 Å². The Bertz CT molecular complexity index is 596. The van der Waals surface area contributed by atoms with Crippen molar-refractivity contribution < 1.29 is 4.74 Å². The molecule has 1 saturated heterocycles. The van der Waals surface area contributed by atoms with Gasteiger partial charge in [0.05, 0.1) is 19.4 Å². The fraction of sp³-hybridized carbons (Fsp3) is 0.556. The zero-order chi connectivity index (χ0) is 16.3. The Morgan fingerprint density at radius 2 is 1.87 bits per heavy atom. The van der Waals surface area contributed by atoms with Crippen LogP contribution in [0.1, 0.15) is 19.3 Å². The van der Waals surface area contributed by atoms with E-state index < -0.39 is 6.19 Å². The Kier molecular flexibility index (Phi) is 5.58. The van der Waals surface area contributed by atoms with Gasteiger partial charge in [-0.3, -0.25) is 4.67 Å². The first-order chi connectivity index (χ1) is 11.1. The van der Waals surface area contributed by atoms with Gasteiger partial charge in [-0.2, -0.15) is 0 Å². The molecule has 2 atom stereocenters. The van der Waals surface area contributed by atoms with E-state index in [9.17, 15) is 0 Å². The van der Waals surface area contributed by atoms with Crippen LogP contribution in [0.2, 0.25) is 0 Å². The molecule has 1 fully saturated rings. The van der Waals surface area contributed by atoms with E-state index in [4.69, 9.17) is 16.5 Å². The van der Waals surface area contributed by atoms with Gasteiger partial charge in [0, 0.05) is 24.4 Å². The van der Waals surface area contributed by atoms with Crippen LogP contribution in [0.25, 0.3) is 0 Å². The molecular weight excluding hydrogens is 323 g/mol. The molecule has 2 aliphatic rings. The standard InChI is InChI=1S/C18H27N2OPS/c1-19(2)22(23,16-8-4-3-5-9-16)18-11-7-6-10-17(18)20-12-14-21-15-13-20/h3-5,8-10,18H,6-7,11-15H2,1-2H3/t18-,22-/m1/s1. The molecule has 1 aliphatic heterocycles. The number of hydrogen-bond donors (Lipinski definition) is 0. The second-order valence-corrected chi connectivity index (χ2v) is 11.3. The van der Waals surface area contributed by atoms with Gasteiger partial charge < -0.3 is 9.64 Å². The zero-order valence-electron chi connectivity index (χ0n) is 14.1. The summed E-state index contributed by atoms with van der Waals surface area (Å²) in [5, 5.41) is 1.34. The highest BCUT2D eigenvalue weighted by molar-refractivity contribution is 8.17. The van der Waals surface area contributed by atoms with Crippen molar-refractivity contribution in [2.24, 2.45) is 0 Å². The van der Waals surface area contributed by atoms with Gasteiger partial charge in [0.25, 0.3) is 0 Å². The number of ether oxygens (including phenoxy) is 1. The van der Waals surface area contributed by atoms with Gasteiger partial charge >= 0.3 is 0 Å². The lowest BCUT2D eigenvalue weighted by atomic mass is 10.0. The van der Waals surface area contributed by atoms with Crippen LogP contribution in [0.3, 0.4) is 0 Å². The Labute approximate surface area is 145 Å². The van der Waals surface area contributed by atoms with Gasteiger partial charge in [-0.05, 0) is 38.7 Å². The SMILES string of the molecule is CN(C)[P@@](=S)(c1ccccc1)[C@@H]1CCCC=C1N1CCOCC1. The quantitative estimate of drug-likeness (QED) is 0.776. The highest BCUT2D eigenvalue weighted by Gasteiger charge is 2.38. The predicted molar refractivity (Wildman–Crippen MR) is 102 cm³/mol. The van der Waals surface area contributed by atoms with Crippen LogP contribution in [0.5, 0.6) is 0 Å². The fourth-order valence-electron chi connectivity index (χ4n) is 3.69. The van der Waals surface area contributed by atoms with E-state index in [1.54, 1.807) is 0 Å². The first-order valence-corrected chi connectivity index (χ1v) is 11.3. The number of nitrogens with zero attached hydrogens (tertiary/aromatic N) is 2. The van der Waals surface area contributed by atoms with E-state index in [-0.39, 0.29) is 0 Å². The Hall–Kier alpha value is -0.670. The number of hydrogen-bond acceptors (Lipinski definition) is 3. The normalized spacial score (nSPS) is 25.1. The molecule has 5 heteroatoms. The van der Waals surface area contributed by atoms with E-state index >= 15 is 0 Å². The molecule has 3 nitrogen and oxygen atoms in total.